The Labute approximate surface area is 141 Å². The molecule has 0 saturated heterocycles. The summed E-state index contributed by atoms with van der Waals surface area (Å²) >= 11 is 7.95. The van der Waals surface area contributed by atoms with E-state index in [4.69, 9.17) is 16.3 Å². The first kappa shape index (κ1) is 15.8. The number of hydrazone groups is 1. The third-order valence-corrected chi connectivity index (χ3v) is 3.53. The minimum absolute atomic E-state index is 0.107. The second-order valence-electron chi connectivity index (χ2n) is 4.07. The Balaban J connectivity index is 1.81. The van der Waals surface area contributed by atoms with E-state index in [2.05, 4.69) is 33.1 Å². The highest BCUT2D eigenvalue weighted by atomic mass is 127. The highest BCUT2D eigenvalue weighted by Crippen LogP contribution is 2.24. The van der Waals surface area contributed by atoms with Crippen LogP contribution in [0.5, 0.6) is 5.75 Å². The first-order valence-electron chi connectivity index (χ1n) is 6.10. The normalized spacial score (nSPS) is 10.6. The van der Waals surface area contributed by atoms with E-state index in [1.165, 1.54) is 0 Å². The van der Waals surface area contributed by atoms with Crippen LogP contribution in [0.4, 0.5) is 0 Å². The van der Waals surface area contributed by atoms with E-state index in [0.29, 0.717) is 10.8 Å². The predicted octanol–water partition coefficient (Wildman–Crippen LogP) is 3.47. The van der Waals surface area contributed by atoms with E-state index in [1.54, 1.807) is 24.4 Å². The van der Waals surface area contributed by atoms with Crippen molar-refractivity contribution in [2.75, 3.05) is 6.61 Å². The maximum Gasteiger partial charge on any atom is 0.277 e. The van der Waals surface area contributed by atoms with Crippen LogP contribution in [0.25, 0.3) is 0 Å². The summed E-state index contributed by atoms with van der Waals surface area (Å²) in [5, 5.41) is 4.49. The van der Waals surface area contributed by atoms with Crippen LogP contribution in [0.2, 0.25) is 5.02 Å². The largest absolute Gasteiger partial charge is 0.483 e. The second kappa shape index (κ2) is 7.99. The summed E-state index contributed by atoms with van der Waals surface area (Å²) in [7, 11) is 0. The lowest BCUT2D eigenvalue weighted by molar-refractivity contribution is -0.123. The van der Waals surface area contributed by atoms with Gasteiger partial charge in [0.25, 0.3) is 5.91 Å². The maximum atomic E-state index is 11.6. The molecule has 108 valence electrons. The first-order chi connectivity index (χ1) is 10.1. The number of amides is 1. The van der Waals surface area contributed by atoms with Gasteiger partial charge >= 0.3 is 0 Å². The molecule has 0 aliphatic carbocycles. The van der Waals surface area contributed by atoms with Crippen LogP contribution < -0.4 is 10.2 Å². The van der Waals surface area contributed by atoms with E-state index in [1.807, 2.05) is 30.3 Å². The van der Waals surface area contributed by atoms with Crippen molar-refractivity contribution < 1.29 is 9.53 Å². The monoisotopic (exact) mass is 414 g/mol. The van der Waals surface area contributed by atoms with Crippen molar-refractivity contribution in [3.8, 4) is 5.75 Å². The summed E-state index contributed by atoms with van der Waals surface area (Å²) in [5.41, 5.74) is 3.32. The lowest BCUT2D eigenvalue weighted by Crippen LogP contribution is -2.24. The molecular weight excluding hydrogens is 403 g/mol. The van der Waals surface area contributed by atoms with Gasteiger partial charge in [-0.3, -0.25) is 4.79 Å². The number of rotatable bonds is 5. The molecule has 2 aromatic rings. The molecule has 4 nitrogen and oxygen atoms in total. The van der Waals surface area contributed by atoms with Crippen molar-refractivity contribution in [1.29, 1.82) is 0 Å². The summed E-state index contributed by atoms with van der Waals surface area (Å²) in [4.78, 5) is 11.6. The van der Waals surface area contributed by atoms with Crippen LogP contribution in [0, 0.1) is 3.57 Å². The number of nitrogens with one attached hydrogen (secondary N) is 1. The average molecular weight is 415 g/mol. The van der Waals surface area contributed by atoms with Gasteiger partial charge in [0.05, 0.1) is 9.78 Å². The minimum Gasteiger partial charge on any atom is -0.483 e. The Morgan fingerprint density at radius 1 is 1.29 bits per heavy atom. The molecule has 2 aromatic carbocycles. The van der Waals surface area contributed by atoms with Crippen molar-refractivity contribution in [2.24, 2.45) is 5.10 Å². The van der Waals surface area contributed by atoms with Gasteiger partial charge in [-0.25, -0.2) is 5.43 Å². The number of benzene rings is 2. The molecule has 1 amide bonds. The number of carbonyl (C=O) groups excluding carboxylic acids is 1. The van der Waals surface area contributed by atoms with Gasteiger partial charge in [-0.15, -0.1) is 0 Å². The Hall–Kier alpha value is -1.60. The highest BCUT2D eigenvalue weighted by Gasteiger charge is 2.05. The number of ether oxygens (including phenoxy) is 1. The molecule has 0 unspecified atom stereocenters. The van der Waals surface area contributed by atoms with Gasteiger partial charge in [-0.1, -0.05) is 41.9 Å². The van der Waals surface area contributed by atoms with Crippen LogP contribution in [0.3, 0.4) is 0 Å². The van der Waals surface area contributed by atoms with Gasteiger partial charge in [0.1, 0.15) is 5.75 Å². The molecule has 0 aliphatic heterocycles. The fourth-order valence-corrected chi connectivity index (χ4v) is 2.51. The van der Waals surface area contributed by atoms with Gasteiger partial charge in [0.2, 0.25) is 0 Å². The summed E-state index contributed by atoms with van der Waals surface area (Å²) in [6.45, 7) is -0.107. The standard InChI is InChI=1S/C15H12ClIN2O2/c16-12-6-7-14(13(17)8-12)21-10-15(20)19-18-9-11-4-2-1-3-5-11/h1-9H,10H2,(H,19,20)/b18-9-. The fourth-order valence-electron chi connectivity index (χ4n) is 1.49. The van der Waals surface area contributed by atoms with Gasteiger partial charge in [-0.05, 0) is 46.4 Å². The zero-order valence-electron chi connectivity index (χ0n) is 10.9. The Morgan fingerprint density at radius 2 is 2.05 bits per heavy atom. The number of halogens is 2. The minimum atomic E-state index is -0.326. The summed E-state index contributed by atoms with van der Waals surface area (Å²) < 4.78 is 6.25. The molecule has 0 spiro atoms. The van der Waals surface area contributed by atoms with E-state index in [9.17, 15) is 4.79 Å². The molecule has 0 bridgehead atoms. The third kappa shape index (κ3) is 5.35. The molecule has 0 aromatic heterocycles. The first-order valence-corrected chi connectivity index (χ1v) is 7.55. The predicted molar refractivity (Wildman–Crippen MR) is 91.8 cm³/mol. The van der Waals surface area contributed by atoms with Crippen LogP contribution in [-0.4, -0.2) is 18.7 Å². The number of hydrogen-bond donors (Lipinski definition) is 1. The lowest BCUT2D eigenvalue weighted by atomic mass is 10.2. The maximum absolute atomic E-state index is 11.6. The van der Waals surface area contributed by atoms with Crippen molar-refractivity contribution in [3.63, 3.8) is 0 Å². The molecule has 0 heterocycles. The van der Waals surface area contributed by atoms with Gasteiger partial charge < -0.3 is 4.74 Å². The third-order valence-electron chi connectivity index (χ3n) is 2.46. The summed E-state index contributed by atoms with van der Waals surface area (Å²) in [6.07, 6.45) is 1.57. The van der Waals surface area contributed by atoms with E-state index in [-0.39, 0.29) is 12.5 Å². The molecule has 0 radical (unpaired) electrons. The molecule has 0 fully saturated rings. The van der Waals surface area contributed by atoms with Crippen LogP contribution in [-0.2, 0) is 4.79 Å². The number of nitrogens with zero attached hydrogens (tertiary/aromatic N) is 1. The Kier molecular flexibility index (Phi) is 6.01. The van der Waals surface area contributed by atoms with Crippen LogP contribution in [0.1, 0.15) is 5.56 Å². The number of hydrogen-bond acceptors (Lipinski definition) is 3. The van der Waals surface area contributed by atoms with Crippen LogP contribution in [0.15, 0.2) is 53.6 Å². The Morgan fingerprint density at radius 3 is 2.76 bits per heavy atom. The quantitative estimate of drug-likeness (QED) is 0.463. The fraction of sp³-hybridized carbons (Fsp3) is 0.0667. The molecular formula is C15H12ClIN2O2. The zero-order chi connectivity index (χ0) is 15.1. The van der Waals surface area contributed by atoms with Gasteiger partial charge in [-0.2, -0.15) is 5.10 Å². The number of carbonyl (C=O) groups is 1. The second-order valence-corrected chi connectivity index (χ2v) is 5.67. The average Bonchev–Trinajstić information content (AvgIpc) is 2.47. The van der Waals surface area contributed by atoms with E-state index in [0.717, 1.165) is 9.13 Å². The molecule has 0 atom stereocenters. The molecule has 21 heavy (non-hydrogen) atoms. The smallest absolute Gasteiger partial charge is 0.277 e. The van der Waals surface area contributed by atoms with Gasteiger partial charge in [0, 0.05) is 5.02 Å². The summed E-state index contributed by atoms with van der Waals surface area (Å²) in [5.74, 6) is 0.287. The SMILES string of the molecule is O=C(COc1ccc(Cl)cc1I)N/N=C\c1ccccc1. The van der Waals surface area contributed by atoms with Crippen LogP contribution >= 0.6 is 34.2 Å². The molecule has 6 heteroatoms. The molecule has 1 N–H and O–H groups in total. The lowest BCUT2D eigenvalue weighted by Gasteiger charge is -2.07. The Bertz CT molecular complexity index is 647. The topological polar surface area (TPSA) is 50.7 Å². The zero-order valence-corrected chi connectivity index (χ0v) is 13.8. The highest BCUT2D eigenvalue weighted by molar-refractivity contribution is 14.1. The van der Waals surface area contributed by atoms with Crippen molar-refractivity contribution in [1.82, 2.24) is 5.43 Å². The van der Waals surface area contributed by atoms with E-state index >= 15 is 0 Å². The molecule has 0 saturated carbocycles. The molecule has 0 aliphatic rings. The van der Waals surface area contributed by atoms with Crippen molar-refractivity contribution in [2.45, 2.75) is 0 Å². The van der Waals surface area contributed by atoms with Gasteiger partial charge in [0.15, 0.2) is 6.61 Å². The van der Waals surface area contributed by atoms with Crippen molar-refractivity contribution in [3.05, 3.63) is 62.7 Å². The van der Waals surface area contributed by atoms with E-state index < -0.39 is 0 Å². The van der Waals surface area contributed by atoms with Crippen molar-refractivity contribution >= 4 is 46.3 Å². The summed E-state index contributed by atoms with van der Waals surface area (Å²) in [6, 6.07) is 14.7. The molecule has 2 rings (SSSR count).